The molecule has 0 aromatic heterocycles. The summed E-state index contributed by atoms with van der Waals surface area (Å²) in [6, 6.07) is 0. The maximum absolute atomic E-state index is 8.81. The summed E-state index contributed by atoms with van der Waals surface area (Å²) in [4.78, 5) is 8.81. The molecule has 1 aliphatic rings. The normalized spacial score (nSPS) is 11.1. The molecule has 76 valence electrons. The van der Waals surface area contributed by atoms with Crippen molar-refractivity contribution in [2.24, 2.45) is 0 Å². The summed E-state index contributed by atoms with van der Waals surface area (Å²) in [7, 11) is 0. The van der Waals surface area contributed by atoms with Crippen molar-refractivity contribution in [1.82, 2.24) is 0 Å². The van der Waals surface area contributed by atoms with Gasteiger partial charge in [0.05, 0.1) is 0 Å². The Balaban J connectivity index is -0.0000000940. The van der Waals surface area contributed by atoms with Crippen molar-refractivity contribution in [3.63, 3.8) is 0 Å². The van der Waals surface area contributed by atoms with Crippen LogP contribution in [0.15, 0.2) is 0 Å². The molecule has 1 saturated heterocycles. The van der Waals surface area contributed by atoms with Crippen LogP contribution in [0.2, 0.25) is 0 Å². The van der Waals surface area contributed by atoms with Crippen molar-refractivity contribution in [3.05, 3.63) is 0 Å². The molecular formula is C10H24O2. The molecule has 1 heterocycles. The average Bonchev–Trinajstić information content (AvgIpc) is 1.90. The molecule has 0 amide bonds. The topological polar surface area (TPSA) is 26.3 Å². The van der Waals surface area contributed by atoms with Gasteiger partial charge in [0.15, 0.2) is 0 Å². The fraction of sp³-hybridized carbons (Fsp3) is 0.900. The summed E-state index contributed by atoms with van der Waals surface area (Å²) < 4.78 is 4.72. The zero-order valence-corrected chi connectivity index (χ0v) is 9.22. The Kier molecular flexibility index (Phi) is 45.7. The number of carbonyl (C=O) groups is 1. The molecule has 12 heavy (non-hydrogen) atoms. The fourth-order valence-corrected chi connectivity index (χ4v) is 0.144. The van der Waals surface area contributed by atoms with Crippen LogP contribution in [0.1, 0.15) is 47.5 Å². The Morgan fingerprint density at radius 1 is 1.25 bits per heavy atom. The molecule has 1 rings (SSSR count). The quantitative estimate of drug-likeness (QED) is 0.530. The van der Waals surface area contributed by atoms with E-state index in [1.165, 1.54) is 19.8 Å². The molecule has 0 aromatic rings. The second-order valence-electron chi connectivity index (χ2n) is 1.91. The van der Waals surface area contributed by atoms with Gasteiger partial charge in [-0.15, -0.1) is 0 Å². The highest BCUT2D eigenvalue weighted by atomic mass is 16.5. The number of aldehydes is 1. The van der Waals surface area contributed by atoms with E-state index in [-0.39, 0.29) is 0 Å². The van der Waals surface area contributed by atoms with Crippen LogP contribution in [-0.4, -0.2) is 19.5 Å². The van der Waals surface area contributed by atoms with Crippen molar-refractivity contribution >= 4 is 6.29 Å². The van der Waals surface area contributed by atoms with Crippen LogP contribution < -0.4 is 0 Å². The predicted octanol–water partition coefficient (Wildman–Crippen LogP) is 3.05. The predicted molar refractivity (Wildman–Crippen MR) is 54.5 cm³/mol. The summed E-state index contributed by atoms with van der Waals surface area (Å²) in [5.41, 5.74) is 0. The third-order valence-electron chi connectivity index (χ3n) is 0.577. The highest BCUT2D eigenvalue weighted by molar-refractivity contribution is 5.44. The molecule has 0 aliphatic carbocycles. The lowest BCUT2D eigenvalue weighted by molar-refractivity contribution is -0.106. The van der Waals surface area contributed by atoms with E-state index in [2.05, 4.69) is 13.8 Å². The first-order chi connectivity index (χ1) is 5.83. The van der Waals surface area contributed by atoms with Crippen LogP contribution >= 0.6 is 0 Å². The van der Waals surface area contributed by atoms with Crippen molar-refractivity contribution < 1.29 is 9.53 Å². The number of hydrogen-bond acceptors (Lipinski definition) is 2. The van der Waals surface area contributed by atoms with Gasteiger partial charge in [-0.3, -0.25) is 0 Å². The van der Waals surface area contributed by atoms with Gasteiger partial charge in [-0.05, 0) is 13.3 Å². The lowest BCUT2D eigenvalue weighted by atomic mass is 10.4. The first-order valence-electron chi connectivity index (χ1n) is 4.80. The van der Waals surface area contributed by atoms with Gasteiger partial charge in [-0.2, -0.15) is 0 Å². The van der Waals surface area contributed by atoms with Gasteiger partial charge in [0.1, 0.15) is 6.29 Å². The molecule has 2 nitrogen and oxygen atoms in total. The van der Waals surface area contributed by atoms with Crippen LogP contribution in [-0.2, 0) is 9.53 Å². The molecule has 0 radical (unpaired) electrons. The molecule has 0 spiro atoms. The molecule has 0 N–H and O–H groups in total. The van der Waals surface area contributed by atoms with E-state index in [1.807, 2.05) is 13.8 Å². The average molecular weight is 176 g/mol. The standard InChI is InChI=1S/C3H6O.C3H8.C2H4O.C2H6/c1-2-4-3-1;1-3-2;1-2-3;1-2/h1-3H2;3H2,1-2H3;2H,1H3;1-2H3. The first-order valence-corrected chi connectivity index (χ1v) is 4.80. The maximum Gasteiger partial charge on any atom is 0.116 e. The van der Waals surface area contributed by atoms with E-state index >= 15 is 0 Å². The van der Waals surface area contributed by atoms with Gasteiger partial charge >= 0.3 is 0 Å². The van der Waals surface area contributed by atoms with Crippen LogP contribution in [0.25, 0.3) is 0 Å². The summed E-state index contributed by atoms with van der Waals surface area (Å²) in [6.07, 6.45) is 3.28. The SMILES string of the molecule is C1COC1.CC.CC=O.CCC. The van der Waals surface area contributed by atoms with Crippen LogP contribution in [0, 0.1) is 0 Å². The third-order valence-corrected chi connectivity index (χ3v) is 0.577. The molecule has 0 atom stereocenters. The van der Waals surface area contributed by atoms with E-state index < -0.39 is 0 Å². The van der Waals surface area contributed by atoms with Gasteiger partial charge in [-0.25, -0.2) is 0 Å². The van der Waals surface area contributed by atoms with Crippen molar-refractivity contribution in [3.8, 4) is 0 Å². The second-order valence-corrected chi connectivity index (χ2v) is 1.91. The highest BCUT2D eigenvalue weighted by Gasteiger charge is 1.94. The maximum atomic E-state index is 8.81. The van der Waals surface area contributed by atoms with Crippen molar-refractivity contribution in [1.29, 1.82) is 0 Å². The molecule has 0 unspecified atom stereocenters. The third kappa shape index (κ3) is 54.4. The van der Waals surface area contributed by atoms with Gasteiger partial charge in [0.25, 0.3) is 0 Å². The molecular weight excluding hydrogens is 152 g/mol. The minimum absolute atomic E-state index is 0.750. The summed E-state index contributed by atoms with van der Waals surface area (Å²) >= 11 is 0. The Morgan fingerprint density at radius 3 is 1.33 bits per heavy atom. The van der Waals surface area contributed by atoms with E-state index in [4.69, 9.17) is 9.53 Å². The molecule has 0 aromatic carbocycles. The zero-order chi connectivity index (χ0) is 10.2. The van der Waals surface area contributed by atoms with E-state index in [0.29, 0.717) is 0 Å². The minimum Gasteiger partial charge on any atom is -0.381 e. The Labute approximate surface area is 77.3 Å². The molecule has 0 saturated carbocycles. The number of hydrogen-bond donors (Lipinski definition) is 0. The van der Waals surface area contributed by atoms with E-state index in [9.17, 15) is 0 Å². The minimum atomic E-state index is 0.750. The van der Waals surface area contributed by atoms with E-state index in [1.54, 1.807) is 0 Å². The van der Waals surface area contributed by atoms with Crippen molar-refractivity contribution in [2.75, 3.05) is 13.2 Å². The smallest absolute Gasteiger partial charge is 0.116 e. The molecule has 2 heteroatoms. The number of carbonyl (C=O) groups excluding carboxylic acids is 1. The Morgan fingerprint density at radius 2 is 1.33 bits per heavy atom. The lowest BCUT2D eigenvalue weighted by Crippen LogP contribution is -2.09. The molecule has 0 bridgehead atoms. The highest BCUT2D eigenvalue weighted by Crippen LogP contribution is 1.93. The Hall–Kier alpha value is -0.370. The fourth-order valence-electron chi connectivity index (χ4n) is 0.144. The van der Waals surface area contributed by atoms with Gasteiger partial charge in [0, 0.05) is 13.2 Å². The van der Waals surface area contributed by atoms with E-state index in [0.717, 1.165) is 19.5 Å². The number of ether oxygens (including phenoxy) is 1. The van der Waals surface area contributed by atoms with Crippen LogP contribution in [0.5, 0.6) is 0 Å². The summed E-state index contributed by atoms with van der Waals surface area (Å²) in [5, 5.41) is 0. The van der Waals surface area contributed by atoms with Gasteiger partial charge in [0.2, 0.25) is 0 Å². The molecule has 1 fully saturated rings. The lowest BCUT2D eigenvalue weighted by Gasteiger charge is -2.09. The summed E-state index contributed by atoms with van der Waals surface area (Å²) in [5.74, 6) is 0. The first kappa shape index (κ1) is 17.6. The number of rotatable bonds is 0. The summed E-state index contributed by atoms with van der Waals surface area (Å²) in [6.45, 7) is 11.7. The monoisotopic (exact) mass is 176 g/mol. The Bertz CT molecular complexity index is 45.8. The second kappa shape index (κ2) is 31.1. The van der Waals surface area contributed by atoms with Gasteiger partial charge < -0.3 is 9.53 Å². The van der Waals surface area contributed by atoms with Gasteiger partial charge in [-0.1, -0.05) is 34.1 Å². The largest absolute Gasteiger partial charge is 0.381 e. The van der Waals surface area contributed by atoms with Crippen LogP contribution in [0.4, 0.5) is 0 Å². The molecule has 1 aliphatic heterocycles. The van der Waals surface area contributed by atoms with Crippen molar-refractivity contribution in [2.45, 2.75) is 47.5 Å². The zero-order valence-electron chi connectivity index (χ0n) is 9.22. The van der Waals surface area contributed by atoms with Crippen LogP contribution in [0.3, 0.4) is 0 Å².